The molecule has 1 heterocycles. The maximum atomic E-state index is 13.3. The lowest BCUT2D eigenvalue weighted by Gasteiger charge is -2.34. The van der Waals surface area contributed by atoms with Gasteiger partial charge >= 0.3 is 0 Å². The number of hydrogen-bond acceptors (Lipinski definition) is 3. The van der Waals surface area contributed by atoms with E-state index < -0.39 is 5.82 Å². The lowest BCUT2D eigenvalue weighted by Crippen LogP contribution is -2.48. The number of halogens is 1. The summed E-state index contributed by atoms with van der Waals surface area (Å²) in [6.07, 6.45) is 2.84. The molecule has 1 aromatic rings. The molecular formula is C14H19FN2O2. The van der Waals surface area contributed by atoms with Gasteiger partial charge in [-0.15, -0.1) is 0 Å². The third-order valence-electron chi connectivity index (χ3n) is 3.61. The smallest absolute Gasteiger partial charge is 0.237 e. The molecule has 5 heteroatoms. The molecule has 2 N–H and O–H groups in total. The number of nitrogens with zero attached hydrogens (tertiary/aromatic N) is 1. The summed E-state index contributed by atoms with van der Waals surface area (Å²) < 4.78 is 13.3. The quantitative estimate of drug-likeness (QED) is 0.874. The van der Waals surface area contributed by atoms with Crippen molar-refractivity contribution < 1.29 is 14.3 Å². The molecule has 1 amide bonds. The Labute approximate surface area is 112 Å². The summed E-state index contributed by atoms with van der Waals surface area (Å²) in [7, 11) is 1.62. The van der Waals surface area contributed by atoms with Crippen LogP contribution in [0.1, 0.15) is 24.8 Å². The Morgan fingerprint density at radius 2 is 2.32 bits per heavy atom. The van der Waals surface area contributed by atoms with E-state index in [0.29, 0.717) is 12.1 Å². The van der Waals surface area contributed by atoms with Crippen molar-refractivity contribution in [3.63, 3.8) is 0 Å². The van der Waals surface area contributed by atoms with E-state index in [4.69, 9.17) is 0 Å². The topological polar surface area (TPSA) is 52.6 Å². The van der Waals surface area contributed by atoms with Gasteiger partial charge in [0, 0.05) is 19.2 Å². The Morgan fingerprint density at radius 1 is 1.53 bits per heavy atom. The first-order valence-corrected chi connectivity index (χ1v) is 6.55. The van der Waals surface area contributed by atoms with Crippen LogP contribution in [0, 0.1) is 5.82 Å². The number of amides is 1. The molecule has 0 bridgehead atoms. The predicted octanol–water partition coefficient (Wildman–Crippen LogP) is 1.63. The van der Waals surface area contributed by atoms with E-state index in [9.17, 15) is 14.3 Å². The number of likely N-dealkylation sites (tertiary alicyclic amines) is 1. The summed E-state index contributed by atoms with van der Waals surface area (Å²) in [4.78, 5) is 13.8. The minimum absolute atomic E-state index is 0.0180. The van der Waals surface area contributed by atoms with Crippen LogP contribution >= 0.6 is 0 Å². The fraction of sp³-hybridized carbons (Fsp3) is 0.500. The van der Waals surface area contributed by atoms with E-state index >= 15 is 0 Å². The number of hydrogen-bond donors (Lipinski definition) is 2. The standard InChI is InChI=1S/C14H19FN2O2/c1-16-14(19)12-7-2-3-8-17(12)9-10-5-4-6-11(15)13(10)18/h4-6,12,18H,2-3,7-9H2,1H3,(H,16,19). The minimum Gasteiger partial charge on any atom is -0.505 e. The van der Waals surface area contributed by atoms with E-state index in [1.807, 2.05) is 4.90 Å². The van der Waals surface area contributed by atoms with Crippen LogP contribution in [-0.2, 0) is 11.3 Å². The average Bonchev–Trinajstić information content (AvgIpc) is 2.43. The molecule has 1 aliphatic rings. The first kappa shape index (κ1) is 13.8. The van der Waals surface area contributed by atoms with Crippen molar-refractivity contribution in [3.8, 4) is 5.75 Å². The van der Waals surface area contributed by atoms with Crippen molar-refractivity contribution >= 4 is 5.91 Å². The lowest BCUT2D eigenvalue weighted by molar-refractivity contribution is -0.127. The number of para-hydroxylation sites is 1. The predicted molar refractivity (Wildman–Crippen MR) is 70.2 cm³/mol. The van der Waals surface area contributed by atoms with Crippen LogP contribution in [0.3, 0.4) is 0 Å². The molecule has 0 saturated carbocycles. The van der Waals surface area contributed by atoms with E-state index in [2.05, 4.69) is 5.32 Å². The van der Waals surface area contributed by atoms with Crippen molar-refractivity contribution in [2.45, 2.75) is 31.8 Å². The molecule has 19 heavy (non-hydrogen) atoms. The third-order valence-corrected chi connectivity index (χ3v) is 3.61. The molecule has 1 atom stereocenters. The molecule has 1 aliphatic heterocycles. The van der Waals surface area contributed by atoms with Crippen molar-refractivity contribution in [2.75, 3.05) is 13.6 Å². The zero-order chi connectivity index (χ0) is 13.8. The second-order valence-corrected chi connectivity index (χ2v) is 4.84. The highest BCUT2D eigenvalue weighted by molar-refractivity contribution is 5.81. The largest absolute Gasteiger partial charge is 0.505 e. The summed E-state index contributed by atoms with van der Waals surface area (Å²) in [5.41, 5.74) is 0.524. The molecule has 0 radical (unpaired) electrons. The second kappa shape index (κ2) is 6.02. The van der Waals surface area contributed by atoms with Gasteiger partial charge in [-0.3, -0.25) is 9.69 Å². The summed E-state index contributed by atoms with van der Waals surface area (Å²) >= 11 is 0. The number of benzene rings is 1. The summed E-state index contributed by atoms with van der Waals surface area (Å²) in [5, 5.41) is 12.4. The van der Waals surface area contributed by atoms with Crippen LogP contribution in [0.25, 0.3) is 0 Å². The highest BCUT2D eigenvalue weighted by atomic mass is 19.1. The van der Waals surface area contributed by atoms with Gasteiger partial charge in [0.15, 0.2) is 11.6 Å². The van der Waals surface area contributed by atoms with Crippen LogP contribution in [0.15, 0.2) is 18.2 Å². The molecule has 1 unspecified atom stereocenters. The molecule has 1 saturated heterocycles. The molecule has 1 fully saturated rings. The van der Waals surface area contributed by atoms with Crippen molar-refractivity contribution in [3.05, 3.63) is 29.6 Å². The maximum absolute atomic E-state index is 13.3. The van der Waals surface area contributed by atoms with Crippen molar-refractivity contribution in [1.82, 2.24) is 10.2 Å². The van der Waals surface area contributed by atoms with Crippen LogP contribution in [0.4, 0.5) is 4.39 Å². The Hall–Kier alpha value is -1.62. The third kappa shape index (κ3) is 3.04. The number of rotatable bonds is 3. The second-order valence-electron chi connectivity index (χ2n) is 4.84. The molecule has 4 nitrogen and oxygen atoms in total. The first-order valence-electron chi connectivity index (χ1n) is 6.55. The summed E-state index contributed by atoms with van der Waals surface area (Å²) in [6, 6.07) is 4.30. The fourth-order valence-corrected chi connectivity index (χ4v) is 2.55. The number of piperidine rings is 1. The molecule has 1 aromatic carbocycles. The first-order chi connectivity index (χ1) is 9.13. The number of aromatic hydroxyl groups is 1. The Balaban J connectivity index is 2.15. The highest BCUT2D eigenvalue weighted by Crippen LogP contribution is 2.25. The van der Waals surface area contributed by atoms with Crippen LogP contribution in [0.5, 0.6) is 5.75 Å². The monoisotopic (exact) mass is 266 g/mol. The molecule has 0 aliphatic carbocycles. The van der Waals surface area contributed by atoms with Gasteiger partial charge in [0.2, 0.25) is 5.91 Å². The van der Waals surface area contributed by atoms with Crippen LogP contribution in [-0.4, -0.2) is 35.5 Å². The van der Waals surface area contributed by atoms with Crippen molar-refractivity contribution in [2.24, 2.45) is 0 Å². The highest BCUT2D eigenvalue weighted by Gasteiger charge is 2.28. The molecule has 2 rings (SSSR count). The number of nitrogens with one attached hydrogen (secondary N) is 1. The lowest BCUT2D eigenvalue weighted by atomic mass is 10.00. The molecular weight excluding hydrogens is 247 g/mol. The number of carbonyl (C=O) groups is 1. The zero-order valence-electron chi connectivity index (χ0n) is 11.0. The number of phenols is 1. The van der Waals surface area contributed by atoms with Gasteiger partial charge in [0.05, 0.1) is 6.04 Å². The maximum Gasteiger partial charge on any atom is 0.237 e. The molecule has 104 valence electrons. The number of phenolic OH excluding ortho intramolecular Hbond substituents is 1. The Kier molecular flexibility index (Phi) is 4.37. The zero-order valence-corrected chi connectivity index (χ0v) is 11.0. The van der Waals surface area contributed by atoms with Gasteiger partial charge < -0.3 is 10.4 Å². The average molecular weight is 266 g/mol. The van der Waals surface area contributed by atoms with Gasteiger partial charge in [0.1, 0.15) is 0 Å². The van der Waals surface area contributed by atoms with E-state index in [1.165, 1.54) is 6.07 Å². The Bertz CT molecular complexity index is 465. The van der Waals surface area contributed by atoms with Gasteiger partial charge in [-0.2, -0.15) is 0 Å². The number of likely N-dealkylation sites (N-methyl/N-ethyl adjacent to an activating group) is 1. The minimum atomic E-state index is -0.619. The van der Waals surface area contributed by atoms with Gasteiger partial charge in [-0.25, -0.2) is 4.39 Å². The van der Waals surface area contributed by atoms with Crippen LogP contribution in [0.2, 0.25) is 0 Å². The SMILES string of the molecule is CNC(=O)C1CCCCN1Cc1cccc(F)c1O. The van der Waals surface area contributed by atoms with E-state index in [1.54, 1.807) is 19.2 Å². The van der Waals surface area contributed by atoms with Crippen molar-refractivity contribution in [1.29, 1.82) is 0 Å². The normalized spacial score (nSPS) is 20.2. The summed E-state index contributed by atoms with van der Waals surface area (Å²) in [6.45, 7) is 1.18. The van der Waals surface area contributed by atoms with Gasteiger partial charge in [0.25, 0.3) is 0 Å². The van der Waals surface area contributed by atoms with E-state index in [-0.39, 0.29) is 17.7 Å². The fourth-order valence-electron chi connectivity index (χ4n) is 2.55. The van der Waals surface area contributed by atoms with Crippen LogP contribution < -0.4 is 5.32 Å². The molecule has 0 spiro atoms. The summed E-state index contributed by atoms with van der Waals surface area (Å²) in [5.74, 6) is -0.953. The number of carbonyl (C=O) groups excluding carboxylic acids is 1. The molecule has 0 aromatic heterocycles. The van der Waals surface area contributed by atoms with E-state index in [0.717, 1.165) is 25.8 Å². The van der Waals surface area contributed by atoms with Gasteiger partial charge in [-0.05, 0) is 25.5 Å². The Morgan fingerprint density at radius 3 is 3.05 bits per heavy atom. The van der Waals surface area contributed by atoms with Gasteiger partial charge in [-0.1, -0.05) is 18.6 Å².